The Morgan fingerprint density at radius 3 is 2.68 bits per heavy atom. The molecule has 3 rings (SSSR count). The number of rotatable bonds is 10. The van der Waals surface area contributed by atoms with Crippen molar-refractivity contribution in [1.82, 2.24) is 5.32 Å². The maximum atomic E-state index is 14.4. The quantitative estimate of drug-likeness (QED) is 0.483. The van der Waals surface area contributed by atoms with Crippen LogP contribution in [0.1, 0.15) is 56.9 Å². The zero-order chi connectivity index (χ0) is 19.4. The van der Waals surface area contributed by atoms with E-state index >= 15 is 0 Å². The van der Waals surface area contributed by atoms with Gasteiger partial charge in [-0.1, -0.05) is 68.1 Å². The Morgan fingerprint density at radius 2 is 1.82 bits per heavy atom. The van der Waals surface area contributed by atoms with E-state index in [0.717, 1.165) is 30.1 Å². The Bertz CT molecular complexity index is 680. The second-order valence-corrected chi connectivity index (χ2v) is 8.00. The van der Waals surface area contributed by atoms with Crippen LogP contribution in [0.2, 0.25) is 0 Å². The molecule has 2 aromatic carbocycles. The Balaban J connectivity index is 1.27. The van der Waals surface area contributed by atoms with Gasteiger partial charge in [0, 0.05) is 12.2 Å². The van der Waals surface area contributed by atoms with E-state index in [2.05, 4.69) is 5.32 Å². The first-order valence-electron chi connectivity index (χ1n) is 11.0. The molecule has 3 heteroatoms. The lowest BCUT2D eigenvalue weighted by molar-refractivity contribution is 0.116. The van der Waals surface area contributed by atoms with Gasteiger partial charge in [-0.05, 0) is 61.9 Å². The van der Waals surface area contributed by atoms with E-state index in [1.807, 2.05) is 42.5 Å². The summed E-state index contributed by atoms with van der Waals surface area (Å²) in [4.78, 5) is 0. The minimum atomic E-state index is -0.180. The fourth-order valence-corrected chi connectivity index (χ4v) is 4.02. The molecule has 2 nitrogen and oxygen atoms in total. The number of hydrogen-bond acceptors (Lipinski definition) is 2. The van der Waals surface area contributed by atoms with Gasteiger partial charge in [0.05, 0.1) is 6.61 Å². The van der Waals surface area contributed by atoms with E-state index in [-0.39, 0.29) is 5.82 Å². The molecule has 1 aliphatic rings. The van der Waals surface area contributed by atoms with Gasteiger partial charge in [-0.15, -0.1) is 0 Å². The fourth-order valence-electron chi connectivity index (χ4n) is 4.02. The largest absolute Gasteiger partial charge is 0.377 e. The maximum Gasteiger partial charge on any atom is 0.131 e. The highest BCUT2D eigenvalue weighted by atomic mass is 19.1. The van der Waals surface area contributed by atoms with Crippen LogP contribution in [0.3, 0.4) is 0 Å². The predicted octanol–water partition coefficient (Wildman–Crippen LogP) is 6.35. The standard InChI is InChI=1S/C25H34FNO/c26-25-18-22(14-15-24(25)23-12-5-3-6-13-23)20-28-17-9-2-1-4-10-21-11-7-8-16-27-19-21/h3,5-6,12-15,18,21,27H,1-2,4,7-11,16-17,19-20H2. The summed E-state index contributed by atoms with van der Waals surface area (Å²) in [5.74, 6) is 0.702. The lowest BCUT2D eigenvalue weighted by atomic mass is 9.96. The van der Waals surface area contributed by atoms with Gasteiger partial charge in [-0.2, -0.15) is 0 Å². The first-order valence-corrected chi connectivity index (χ1v) is 11.0. The summed E-state index contributed by atoms with van der Waals surface area (Å²) < 4.78 is 20.1. The SMILES string of the molecule is Fc1cc(COCCCCCCC2CCCCNC2)ccc1-c1ccccc1. The van der Waals surface area contributed by atoms with Crippen molar-refractivity contribution in [3.05, 3.63) is 59.9 Å². The molecule has 0 aromatic heterocycles. The van der Waals surface area contributed by atoms with Gasteiger partial charge in [-0.3, -0.25) is 0 Å². The summed E-state index contributed by atoms with van der Waals surface area (Å²) in [6.07, 6.45) is 10.4. The van der Waals surface area contributed by atoms with Gasteiger partial charge >= 0.3 is 0 Å². The Hall–Kier alpha value is -1.71. The smallest absolute Gasteiger partial charge is 0.131 e. The third-order valence-electron chi connectivity index (χ3n) is 5.69. The minimum absolute atomic E-state index is 0.180. The van der Waals surface area contributed by atoms with Gasteiger partial charge in [0.2, 0.25) is 0 Å². The van der Waals surface area contributed by atoms with E-state index in [1.54, 1.807) is 6.07 Å². The Labute approximate surface area is 169 Å². The van der Waals surface area contributed by atoms with Gasteiger partial charge < -0.3 is 10.1 Å². The molecule has 0 amide bonds. The molecule has 1 unspecified atom stereocenters. The molecule has 1 N–H and O–H groups in total. The molecule has 1 aliphatic heterocycles. The Kier molecular flexibility index (Phi) is 8.99. The van der Waals surface area contributed by atoms with E-state index in [1.165, 1.54) is 58.0 Å². The third kappa shape index (κ3) is 7.03. The van der Waals surface area contributed by atoms with Crippen molar-refractivity contribution in [3.8, 4) is 11.1 Å². The molecule has 1 saturated heterocycles. The molecular formula is C25H34FNO. The normalized spacial score (nSPS) is 17.4. The van der Waals surface area contributed by atoms with Crippen molar-refractivity contribution < 1.29 is 9.13 Å². The summed E-state index contributed by atoms with van der Waals surface area (Å²) in [5.41, 5.74) is 2.46. The second-order valence-electron chi connectivity index (χ2n) is 8.00. The minimum Gasteiger partial charge on any atom is -0.377 e. The van der Waals surface area contributed by atoms with Crippen molar-refractivity contribution in [2.75, 3.05) is 19.7 Å². The van der Waals surface area contributed by atoms with Gasteiger partial charge in [0.25, 0.3) is 0 Å². The molecule has 0 radical (unpaired) electrons. The van der Waals surface area contributed by atoms with Crippen molar-refractivity contribution in [1.29, 1.82) is 0 Å². The summed E-state index contributed by atoms with van der Waals surface area (Å²) in [7, 11) is 0. The van der Waals surface area contributed by atoms with Crippen molar-refractivity contribution in [2.45, 2.75) is 58.0 Å². The van der Waals surface area contributed by atoms with Crippen LogP contribution in [0, 0.1) is 11.7 Å². The highest BCUT2D eigenvalue weighted by molar-refractivity contribution is 5.64. The summed E-state index contributed by atoms with van der Waals surface area (Å²) in [6.45, 7) is 3.65. The van der Waals surface area contributed by atoms with Crippen molar-refractivity contribution >= 4 is 0 Å². The van der Waals surface area contributed by atoms with E-state index in [9.17, 15) is 4.39 Å². The topological polar surface area (TPSA) is 21.3 Å². The maximum absolute atomic E-state index is 14.4. The number of unbranched alkanes of at least 4 members (excludes halogenated alkanes) is 3. The summed E-state index contributed by atoms with van der Waals surface area (Å²) >= 11 is 0. The Morgan fingerprint density at radius 1 is 0.964 bits per heavy atom. The number of nitrogens with one attached hydrogen (secondary N) is 1. The molecule has 2 aromatic rings. The monoisotopic (exact) mass is 383 g/mol. The molecule has 1 heterocycles. The first-order chi connectivity index (χ1) is 13.8. The lowest BCUT2D eigenvalue weighted by Crippen LogP contribution is -2.20. The molecule has 28 heavy (non-hydrogen) atoms. The van der Waals surface area contributed by atoms with Gasteiger partial charge in [-0.25, -0.2) is 4.39 Å². The van der Waals surface area contributed by atoms with Crippen LogP contribution in [0.15, 0.2) is 48.5 Å². The molecule has 0 spiro atoms. The van der Waals surface area contributed by atoms with Crippen LogP contribution in [0.25, 0.3) is 11.1 Å². The molecule has 0 saturated carbocycles. The van der Waals surface area contributed by atoms with E-state index in [4.69, 9.17) is 4.74 Å². The molecule has 152 valence electrons. The molecule has 1 fully saturated rings. The average Bonchev–Trinajstić information content (AvgIpc) is 2.99. The zero-order valence-corrected chi connectivity index (χ0v) is 17.0. The molecule has 1 atom stereocenters. The number of hydrogen-bond donors (Lipinski definition) is 1. The fraction of sp³-hybridized carbons (Fsp3) is 0.520. The second kappa shape index (κ2) is 12.0. The van der Waals surface area contributed by atoms with Gasteiger partial charge in [0.1, 0.15) is 5.82 Å². The first kappa shape index (κ1) is 21.0. The van der Waals surface area contributed by atoms with Crippen LogP contribution in [0.4, 0.5) is 4.39 Å². The number of ether oxygens (including phenoxy) is 1. The van der Waals surface area contributed by atoms with Gasteiger partial charge in [0.15, 0.2) is 0 Å². The van der Waals surface area contributed by atoms with Crippen LogP contribution >= 0.6 is 0 Å². The third-order valence-corrected chi connectivity index (χ3v) is 5.69. The van der Waals surface area contributed by atoms with Crippen LogP contribution < -0.4 is 5.32 Å². The molecule has 0 aliphatic carbocycles. The molecular weight excluding hydrogens is 349 g/mol. The molecule has 0 bridgehead atoms. The van der Waals surface area contributed by atoms with Crippen LogP contribution in [0.5, 0.6) is 0 Å². The highest BCUT2D eigenvalue weighted by Gasteiger charge is 2.11. The average molecular weight is 384 g/mol. The highest BCUT2D eigenvalue weighted by Crippen LogP contribution is 2.23. The predicted molar refractivity (Wildman–Crippen MR) is 115 cm³/mol. The number of halogens is 1. The summed E-state index contributed by atoms with van der Waals surface area (Å²) in [6, 6.07) is 15.1. The van der Waals surface area contributed by atoms with Crippen molar-refractivity contribution in [3.63, 3.8) is 0 Å². The van der Waals surface area contributed by atoms with Crippen LogP contribution in [-0.2, 0) is 11.3 Å². The summed E-state index contributed by atoms with van der Waals surface area (Å²) in [5, 5.41) is 3.55. The van der Waals surface area contributed by atoms with Crippen molar-refractivity contribution in [2.24, 2.45) is 5.92 Å². The van der Waals surface area contributed by atoms with Crippen LogP contribution in [-0.4, -0.2) is 19.7 Å². The van der Waals surface area contributed by atoms with E-state index in [0.29, 0.717) is 12.2 Å². The zero-order valence-electron chi connectivity index (χ0n) is 17.0. The van der Waals surface area contributed by atoms with E-state index < -0.39 is 0 Å². The lowest BCUT2D eigenvalue weighted by Gasteiger charge is -2.13. The number of benzene rings is 2.